The van der Waals surface area contributed by atoms with Crippen molar-refractivity contribution in [2.24, 2.45) is 13.0 Å². The van der Waals surface area contributed by atoms with Gasteiger partial charge in [-0.1, -0.05) is 43.7 Å². The molecule has 1 aromatic heterocycles. The van der Waals surface area contributed by atoms with E-state index in [0.29, 0.717) is 16.8 Å². The Morgan fingerprint density at radius 2 is 1.84 bits per heavy atom. The zero-order valence-corrected chi connectivity index (χ0v) is 19.1. The van der Waals surface area contributed by atoms with Crippen LogP contribution >= 0.6 is 0 Å². The molecule has 1 aromatic carbocycles. The molecule has 1 saturated carbocycles. The number of aromatic nitrogens is 3. The van der Waals surface area contributed by atoms with E-state index in [0.717, 1.165) is 30.9 Å². The minimum Gasteiger partial charge on any atom is -0.496 e. The SMILES string of the molecule is COc1cc2c(cc1C(=O)NC1CCCCCCCCCN(CC3CC3)C1)nnn2C. The first-order valence-corrected chi connectivity index (χ1v) is 12.0. The van der Waals surface area contributed by atoms with Gasteiger partial charge in [0.25, 0.3) is 5.91 Å². The summed E-state index contributed by atoms with van der Waals surface area (Å²) in [7, 11) is 3.45. The van der Waals surface area contributed by atoms with Crippen LogP contribution in [0, 0.1) is 5.92 Å². The summed E-state index contributed by atoms with van der Waals surface area (Å²) in [4.78, 5) is 15.9. The highest BCUT2D eigenvalue weighted by Gasteiger charge is 2.27. The lowest BCUT2D eigenvalue weighted by Crippen LogP contribution is -2.45. The second-order valence-electron chi connectivity index (χ2n) is 9.39. The van der Waals surface area contributed by atoms with Gasteiger partial charge in [-0.15, -0.1) is 5.10 Å². The topological polar surface area (TPSA) is 72.3 Å². The molecule has 2 aliphatic rings. The van der Waals surface area contributed by atoms with Crippen molar-refractivity contribution in [1.82, 2.24) is 25.2 Å². The third-order valence-corrected chi connectivity index (χ3v) is 6.73. The third-order valence-electron chi connectivity index (χ3n) is 6.73. The van der Waals surface area contributed by atoms with Crippen LogP contribution < -0.4 is 10.1 Å². The van der Waals surface area contributed by atoms with Crippen LogP contribution in [0.1, 0.15) is 74.6 Å². The normalized spacial score (nSPS) is 21.9. The molecule has 1 atom stereocenters. The Bertz CT molecular complexity index is 876. The summed E-state index contributed by atoms with van der Waals surface area (Å²) in [5.41, 5.74) is 2.10. The molecule has 2 aromatic rings. The van der Waals surface area contributed by atoms with Gasteiger partial charge in [0.05, 0.1) is 18.2 Å². The second kappa shape index (κ2) is 10.4. The number of benzene rings is 1. The Morgan fingerprint density at radius 3 is 2.58 bits per heavy atom. The number of hydrogen-bond acceptors (Lipinski definition) is 5. The Balaban J connectivity index is 1.49. The number of aryl methyl sites for hydroxylation is 1. The van der Waals surface area contributed by atoms with Crippen molar-refractivity contribution in [3.63, 3.8) is 0 Å². The number of rotatable bonds is 5. The van der Waals surface area contributed by atoms with Crippen LogP contribution in [0.4, 0.5) is 0 Å². The first kappa shape index (κ1) is 22.1. The van der Waals surface area contributed by atoms with Crippen LogP contribution in [-0.2, 0) is 7.05 Å². The summed E-state index contributed by atoms with van der Waals surface area (Å²) in [6.45, 7) is 3.27. The van der Waals surface area contributed by atoms with E-state index < -0.39 is 0 Å². The standard InChI is InChI=1S/C24H37N5O2/c1-28-22-15-23(31-2)20(14-21(22)26-27-28)24(30)25-19-10-8-6-4-3-5-7-9-13-29(17-19)16-18-11-12-18/h14-15,18-19H,3-13,16-17H2,1-2H3,(H,25,30). The van der Waals surface area contributed by atoms with Crippen molar-refractivity contribution in [3.05, 3.63) is 17.7 Å². The molecule has 31 heavy (non-hydrogen) atoms. The van der Waals surface area contributed by atoms with Gasteiger partial charge in [0.15, 0.2) is 0 Å². The smallest absolute Gasteiger partial charge is 0.255 e. The number of fused-ring (bicyclic) bond motifs is 1. The van der Waals surface area contributed by atoms with E-state index in [9.17, 15) is 4.79 Å². The van der Waals surface area contributed by atoms with Gasteiger partial charge in [-0.25, -0.2) is 4.68 Å². The van der Waals surface area contributed by atoms with Gasteiger partial charge in [-0.3, -0.25) is 4.79 Å². The van der Waals surface area contributed by atoms with E-state index in [1.165, 1.54) is 64.3 Å². The quantitative estimate of drug-likeness (QED) is 0.783. The number of hydrogen-bond donors (Lipinski definition) is 1. The number of amides is 1. The minimum absolute atomic E-state index is 0.0760. The molecule has 1 N–H and O–H groups in total. The lowest BCUT2D eigenvalue weighted by atomic mass is 10.0. The molecule has 7 nitrogen and oxygen atoms in total. The van der Waals surface area contributed by atoms with Crippen molar-refractivity contribution >= 4 is 16.9 Å². The molecule has 7 heteroatoms. The Hall–Kier alpha value is -2.15. The van der Waals surface area contributed by atoms with Gasteiger partial charge in [-0.2, -0.15) is 0 Å². The molecular formula is C24H37N5O2. The first-order valence-electron chi connectivity index (χ1n) is 12.0. The molecule has 1 aliphatic heterocycles. The van der Waals surface area contributed by atoms with E-state index >= 15 is 0 Å². The van der Waals surface area contributed by atoms with Crippen LogP contribution in [-0.4, -0.2) is 58.6 Å². The molecule has 0 radical (unpaired) electrons. The van der Waals surface area contributed by atoms with Gasteiger partial charge >= 0.3 is 0 Å². The zero-order valence-electron chi connectivity index (χ0n) is 19.1. The number of nitrogens with zero attached hydrogens (tertiary/aromatic N) is 4. The predicted octanol–water partition coefficient (Wildman–Crippen LogP) is 3.92. The molecule has 0 spiro atoms. The zero-order chi connectivity index (χ0) is 21.6. The summed E-state index contributed by atoms with van der Waals surface area (Å²) >= 11 is 0. The van der Waals surface area contributed by atoms with E-state index in [-0.39, 0.29) is 11.9 Å². The Morgan fingerprint density at radius 1 is 1.10 bits per heavy atom. The number of nitrogens with one attached hydrogen (secondary N) is 1. The summed E-state index contributed by atoms with van der Waals surface area (Å²) in [5.74, 6) is 1.36. The van der Waals surface area contributed by atoms with Gasteiger partial charge in [0.2, 0.25) is 0 Å². The van der Waals surface area contributed by atoms with Crippen molar-refractivity contribution < 1.29 is 9.53 Å². The lowest BCUT2D eigenvalue weighted by Gasteiger charge is -2.29. The molecule has 1 amide bonds. The minimum atomic E-state index is -0.0760. The largest absolute Gasteiger partial charge is 0.496 e. The number of carbonyl (C=O) groups is 1. The predicted molar refractivity (Wildman–Crippen MR) is 122 cm³/mol. The maximum Gasteiger partial charge on any atom is 0.255 e. The van der Waals surface area contributed by atoms with Crippen LogP contribution in [0.25, 0.3) is 11.0 Å². The molecule has 4 rings (SSSR count). The monoisotopic (exact) mass is 427 g/mol. The maximum absolute atomic E-state index is 13.3. The average Bonchev–Trinajstić information content (AvgIpc) is 3.51. The highest BCUT2D eigenvalue weighted by atomic mass is 16.5. The van der Waals surface area contributed by atoms with Gasteiger partial charge in [0.1, 0.15) is 11.3 Å². The maximum atomic E-state index is 13.3. The van der Waals surface area contributed by atoms with E-state index in [4.69, 9.17) is 4.74 Å². The second-order valence-corrected chi connectivity index (χ2v) is 9.39. The number of ether oxygens (including phenoxy) is 1. The summed E-state index contributed by atoms with van der Waals surface area (Å²) in [6, 6.07) is 3.81. The molecule has 2 heterocycles. The summed E-state index contributed by atoms with van der Waals surface area (Å²) in [5, 5.41) is 11.6. The lowest BCUT2D eigenvalue weighted by molar-refractivity contribution is 0.0916. The van der Waals surface area contributed by atoms with Crippen LogP contribution in [0.15, 0.2) is 12.1 Å². The number of methoxy groups -OCH3 is 1. The fourth-order valence-electron chi connectivity index (χ4n) is 4.72. The Kier molecular flexibility index (Phi) is 7.43. The highest BCUT2D eigenvalue weighted by molar-refractivity contribution is 6.00. The molecule has 1 aliphatic carbocycles. The molecule has 0 bridgehead atoms. The summed E-state index contributed by atoms with van der Waals surface area (Å²) < 4.78 is 7.24. The Labute approximate surface area is 185 Å². The molecule has 1 unspecified atom stereocenters. The first-order chi connectivity index (χ1) is 15.1. The van der Waals surface area contributed by atoms with E-state index in [1.54, 1.807) is 17.9 Å². The van der Waals surface area contributed by atoms with Crippen molar-refractivity contribution in [2.75, 3.05) is 26.7 Å². The number of carbonyl (C=O) groups excluding carboxylic acids is 1. The highest BCUT2D eigenvalue weighted by Crippen LogP contribution is 2.30. The van der Waals surface area contributed by atoms with Gasteiger partial charge < -0.3 is 15.0 Å². The molecule has 1 saturated heterocycles. The fraction of sp³-hybridized carbons (Fsp3) is 0.708. The summed E-state index contributed by atoms with van der Waals surface area (Å²) in [6.07, 6.45) is 12.8. The van der Waals surface area contributed by atoms with Crippen molar-refractivity contribution in [3.8, 4) is 5.75 Å². The molecular weight excluding hydrogens is 390 g/mol. The van der Waals surface area contributed by atoms with Gasteiger partial charge in [-0.05, 0) is 44.2 Å². The van der Waals surface area contributed by atoms with Crippen LogP contribution in [0.5, 0.6) is 5.75 Å². The van der Waals surface area contributed by atoms with Crippen LogP contribution in [0.2, 0.25) is 0 Å². The third kappa shape index (κ3) is 5.97. The van der Waals surface area contributed by atoms with Crippen molar-refractivity contribution in [1.29, 1.82) is 0 Å². The van der Waals surface area contributed by atoms with Crippen LogP contribution in [0.3, 0.4) is 0 Å². The molecule has 2 fully saturated rings. The average molecular weight is 428 g/mol. The van der Waals surface area contributed by atoms with Crippen molar-refractivity contribution in [2.45, 2.75) is 70.3 Å². The van der Waals surface area contributed by atoms with E-state index in [1.807, 2.05) is 13.1 Å². The van der Waals surface area contributed by atoms with Gasteiger partial charge in [0, 0.05) is 32.2 Å². The van der Waals surface area contributed by atoms with E-state index in [2.05, 4.69) is 20.5 Å². The molecule has 170 valence electrons. The fourth-order valence-corrected chi connectivity index (χ4v) is 4.72.